The molecule has 0 aliphatic rings. The molecule has 5 nitrogen and oxygen atoms in total. The van der Waals surface area contributed by atoms with Crippen LogP contribution in [0.25, 0.3) is 0 Å². The number of benzene rings is 1. The third kappa shape index (κ3) is 3.72. The first-order chi connectivity index (χ1) is 9.37. The monoisotopic (exact) mass is 330 g/mol. The predicted octanol–water partition coefficient (Wildman–Crippen LogP) is 3.16. The zero-order valence-corrected chi connectivity index (χ0v) is 12.8. The average Bonchev–Trinajstić information content (AvgIpc) is 2.78. The molecular formula is C12H11ClN2O3S2. The normalized spacial score (nSPS) is 11.1. The number of halogens is 1. The van der Waals surface area contributed by atoms with Crippen LogP contribution in [0.4, 0.5) is 11.4 Å². The van der Waals surface area contributed by atoms with Crippen molar-refractivity contribution in [2.45, 2.75) is 11.1 Å². The number of nitrogens with one attached hydrogen (secondary N) is 2. The van der Waals surface area contributed by atoms with E-state index in [4.69, 9.17) is 11.6 Å². The van der Waals surface area contributed by atoms with Gasteiger partial charge < -0.3 is 5.32 Å². The maximum absolute atomic E-state index is 12.0. The Morgan fingerprint density at radius 1 is 1.10 bits per heavy atom. The molecule has 2 rings (SSSR count). The van der Waals surface area contributed by atoms with Crippen LogP contribution in [0, 0.1) is 0 Å². The van der Waals surface area contributed by atoms with E-state index in [0.717, 1.165) is 11.3 Å². The summed E-state index contributed by atoms with van der Waals surface area (Å²) in [4.78, 5) is 10.9. The Morgan fingerprint density at radius 2 is 1.70 bits per heavy atom. The first kappa shape index (κ1) is 14.8. The van der Waals surface area contributed by atoms with E-state index in [0.29, 0.717) is 15.7 Å². The molecule has 1 amide bonds. The quantitative estimate of drug-likeness (QED) is 0.904. The molecule has 0 fully saturated rings. The van der Waals surface area contributed by atoms with Crippen LogP contribution in [-0.4, -0.2) is 14.3 Å². The van der Waals surface area contributed by atoms with Crippen LogP contribution < -0.4 is 10.0 Å². The van der Waals surface area contributed by atoms with Gasteiger partial charge >= 0.3 is 0 Å². The number of amides is 1. The Bertz CT molecular complexity index is 723. The summed E-state index contributed by atoms with van der Waals surface area (Å²) in [6.07, 6.45) is 0. The summed E-state index contributed by atoms with van der Waals surface area (Å²) in [6.45, 7) is 1.40. The molecule has 2 N–H and O–H groups in total. The van der Waals surface area contributed by atoms with E-state index in [1.807, 2.05) is 0 Å². The van der Waals surface area contributed by atoms with E-state index in [1.54, 1.807) is 24.3 Å². The number of rotatable bonds is 4. The number of carbonyl (C=O) groups excluding carboxylic acids is 1. The molecule has 106 valence electrons. The maximum atomic E-state index is 12.0. The van der Waals surface area contributed by atoms with Crippen molar-refractivity contribution in [3.8, 4) is 0 Å². The molecule has 0 atom stereocenters. The van der Waals surface area contributed by atoms with Gasteiger partial charge in [0.05, 0.1) is 4.34 Å². The maximum Gasteiger partial charge on any atom is 0.271 e. The molecule has 2 aromatic rings. The van der Waals surface area contributed by atoms with Crippen molar-refractivity contribution >= 4 is 50.2 Å². The van der Waals surface area contributed by atoms with Crippen molar-refractivity contribution in [3.63, 3.8) is 0 Å². The number of hydrogen-bond acceptors (Lipinski definition) is 4. The summed E-state index contributed by atoms with van der Waals surface area (Å²) >= 11 is 6.71. The smallest absolute Gasteiger partial charge is 0.271 e. The summed E-state index contributed by atoms with van der Waals surface area (Å²) in [7, 11) is -3.63. The van der Waals surface area contributed by atoms with Crippen LogP contribution in [-0.2, 0) is 14.8 Å². The van der Waals surface area contributed by atoms with Crippen LogP contribution >= 0.6 is 22.9 Å². The van der Waals surface area contributed by atoms with Crippen LogP contribution in [0.3, 0.4) is 0 Å². The molecule has 0 radical (unpaired) electrons. The summed E-state index contributed by atoms with van der Waals surface area (Å²) in [6, 6.07) is 9.33. The van der Waals surface area contributed by atoms with Gasteiger partial charge in [0.15, 0.2) is 0 Å². The summed E-state index contributed by atoms with van der Waals surface area (Å²) in [5.41, 5.74) is 1.00. The molecule has 0 saturated heterocycles. The van der Waals surface area contributed by atoms with Gasteiger partial charge in [-0.1, -0.05) is 11.6 Å². The van der Waals surface area contributed by atoms with Crippen molar-refractivity contribution in [1.82, 2.24) is 0 Å². The van der Waals surface area contributed by atoms with Crippen LogP contribution in [0.5, 0.6) is 0 Å². The second-order valence-corrected chi connectivity index (χ2v) is 7.55. The lowest BCUT2D eigenvalue weighted by Gasteiger charge is -2.07. The second kappa shape index (κ2) is 5.82. The Balaban J connectivity index is 2.15. The Hall–Kier alpha value is -1.57. The number of carbonyl (C=O) groups is 1. The molecule has 0 aliphatic heterocycles. The number of anilines is 2. The van der Waals surface area contributed by atoms with Gasteiger partial charge in [-0.3, -0.25) is 9.52 Å². The largest absolute Gasteiger partial charge is 0.326 e. The minimum absolute atomic E-state index is 0.147. The second-order valence-electron chi connectivity index (χ2n) is 3.92. The van der Waals surface area contributed by atoms with Gasteiger partial charge in [-0.15, -0.1) is 11.3 Å². The lowest BCUT2D eigenvalue weighted by molar-refractivity contribution is -0.114. The van der Waals surface area contributed by atoms with E-state index in [-0.39, 0.29) is 10.1 Å². The van der Waals surface area contributed by atoms with Crippen LogP contribution in [0.2, 0.25) is 4.34 Å². The van der Waals surface area contributed by atoms with E-state index >= 15 is 0 Å². The third-order valence-corrected chi connectivity index (χ3v) is 5.38. The highest BCUT2D eigenvalue weighted by molar-refractivity contribution is 7.94. The topological polar surface area (TPSA) is 75.3 Å². The highest BCUT2D eigenvalue weighted by atomic mass is 35.5. The number of sulfonamides is 1. The van der Waals surface area contributed by atoms with Crippen molar-refractivity contribution in [3.05, 3.63) is 40.7 Å². The fourth-order valence-electron chi connectivity index (χ4n) is 1.47. The summed E-state index contributed by atoms with van der Waals surface area (Å²) < 4.78 is 27.1. The van der Waals surface area contributed by atoms with Gasteiger partial charge in [-0.05, 0) is 36.4 Å². The van der Waals surface area contributed by atoms with Gasteiger partial charge in [0.2, 0.25) is 5.91 Å². The Kier molecular flexibility index (Phi) is 4.32. The molecule has 1 aromatic carbocycles. The fourth-order valence-corrected chi connectivity index (χ4v) is 4.01. The average molecular weight is 331 g/mol. The van der Waals surface area contributed by atoms with Crippen molar-refractivity contribution in [1.29, 1.82) is 0 Å². The van der Waals surface area contributed by atoms with E-state index in [9.17, 15) is 13.2 Å². The zero-order valence-electron chi connectivity index (χ0n) is 10.4. The Labute approximate surface area is 125 Å². The molecule has 0 unspecified atom stereocenters. The van der Waals surface area contributed by atoms with Gasteiger partial charge in [-0.2, -0.15) is 0 Å². The molecule has 1 heterocycles. The molecule has 0 saturated carbocycles. The molecule has 0 aliphatic carbocycles. The van der Waals surface area contributed by atoms with E-state index in [2.05, 4.69) is 10.0 Å². The van der Waals surface area contributed by atoms with Crippen LogP contribution in [0.1, 0.15) is 6.92 Å². The van der Waals surface area contributed by atoms with Crippen molar-refractivity contribution < 1.29 is 13.2 Å². The lowest BCUT2D eigenvalue weighted by Crippen LogP contribution is -2.11. The SMILES string of the molecule is CC(=O)Nc1ccc(NS(=O)(=O)c2ccc(Cl)s2)cc1. The molecule has 0 bridgehead atoms. The molecular weight excluding hydrogens is 320 g/mol. The minimum atomic E-state index is -3.63. The molecule has 20 heavy (non-hydrogen) atoms. The molecule has 1 aromatic heterocycles. The standard InChI is InChI=1S/C12H11ClN2O3S2/c1-8(16)14-9-2-4-10(5-3-9)15-20(17,18)12-7-6-11(13)19-12/h2-7,15H,1H3,(H,14,16). The fraction of sp³-hybridized carbons (Fsp3) is 0.0833. The molecule has 0 spiro atoms. The summed E-state index contributed by atoms with van der Waals surface area (Å²) in [5, 5.41) is 2.60. The van der Waals surface area contributed by atoms with Crippen molar-refractivity contribution in [2.75, 3.05) is 10.0 Å². The van der Waals surface area contributed by atoms with Gasteiger partial charge in [0.1, 0.15) is 4.21 Å². The number of hydrogen-bond donors (Lipinski definition) is 2. The van der Waals surface area contributed by atoms with Crippen molar-refractivity contribution in [2.24, 2.45) is 0 Å². The first-order valence-electron chi connectivity index (χ1n) is 5.52. The van der Waals surface area contributed by atoms with E-state index in [1.165, 1.54) is 19.1 Å². The highest BCUT2D eigenvalue weighted by Crippen LogP contribution is 2.27. The minimum Gasteiger partial charge on any atom is -0.326 e. The Morgan fingerprint density at radius 3 is 2.20 bits per heavy atom. The predicted molar refractivity (Wildman–Crippen MR) is 80.9 cm³/mol. The van der Waals surface area contributed by atoms with Crippen LogP contribution in [0.15, 0.2) is 40.6 Å². The van der Waals surface area contributed by atoms with Gasteiger partial charge in [0.25, 0.3) is 10.0 Å². The lowest BCUT2D eigenvalue weighted by atomic mass is 10.3. The highest BCUT2D eigenvalue weighted by Gasteiger charge is 2.16. The van der Waals surface area contributed by atoms with E-state index < -0.39 is 10.0 Å². The summed E-state index contributed by atoms with van der Waals surface area (Å²) in [5.74, 6) is -0.188. The van der Waals surface area contributed by atoms with Gasteiger partial charge in [0, 0.05) is 18.3 Å². The number of thiophene rings is 1. The first-order valence-corrected chi connectivity index (χ1v) is 8.20. The zero-order chi connectivity index (χ0) is 14.8. The third-order valence-electron chi connectivity index (χ3n) is 2.27. The molecule has 8 heteroatoms. The van der Waals surface area contributed by atoms with Gasteiger partial charge in [-0.25, -0.2) is 8.42 Å².